The molecule has 0 aromatic carbocycles. The summed E-state index contributed by atoms with van der Waals surface area (Å²) in [5.41, 5.74) is -1.00. The molecule has 0 aliphatic carbocycles. The number of rotatable bonds is 7. The van der Waals surface area contributed by atoms with Gasteiger partial charge < -0.3 is 10.1 Å². The highest BCUT2D eigenvalue weighted by atomic mass is 19.4. The van der Waals surface area contributed by atoms with Gasteiger partial charge in [-0.1, -0.05) is 26.2 Å². The van der Waals surface area contributed by atoms with Crippen LogP contribution in [-0.4, -0.2) is 23.6 Å². The molecule has 0 saturated heterocycles. The normalized spacial score (nSPS) is 11.4. The highest BCUT2D eigenvalue weighted by molar-refractivity contribution is 5.31. The molecule has 19 heavy (non-hydrogen) atoms. The van der Waals surface area contributed by atoms with Gasteiger partial charge in [-0.2, -0.15) is 18.2 Å². The van der Waals surface area contributed by atoms with E-state index in [9.17, 15) is 13.2 Å². The van der Waals surface area contributed by atoms with E-state index in [1.54, 1.807) is 0 Å². The summed E-state index contributed by atoms with van der Waals surface area (Å²) in [6.07, 6.45) is -0.534. The van der Waals surface area contributed by atoms with Gasteiger partial charge in [-0.3, -0.25) is 0 Å². The van der Waals surface area contributed by atoms with Crippen molar-refractivity contribution in [2.45, 2.75) is 38.8 Å². The van der Waals surface area contributed by atoms with E-state index in [0.717, 1.165) is 31.7 Å². The molecule has 7 heteroatoms. The molecule has 4 nitrogen and oxygen atoms in total. The van der Waals surface area contributed by atoms with Crippen molar-refractivity contribution in [1.82, 2.24) is 9.97 Å². The van der Waals surface area contributed by atoms with E-state index in [0.29, 0.717) is 6.61 Å². The summed E-state index contributed by atoms with van der Waals surface area (Å²) in [5.74, 6) is -0.151. The van der Waals surface area contributed by atoms with E-state index >= 15 is 0 Å². The zero-order chi connectivity index (χ0) is 14.3. The molecule has 0 spiro atoms. The molecule has 1 aromatic rings. The molecule has 0 atom stereocenters. The molecular formula is C12H18F3N3O. The predicted octanol–water partition coefficient (Wildman–Crippen LogP) is 3.50. The van der Waals surface area contributed by atoms with Crippen LogP contribution in [0.5, 0.6) is 5.88 Å². The Hall–Kier alpha value is -1.53. The molecule has 1 N–H and O–H groups in total. The zero-order valence-electron chi connectivity index (χ0n) is 11.0. The van der Waals surface area contributed by atoms with Crippen LogP contribution in [0, 0.1) is 0 Å². The maximum Gasteiger partial charge on any atom is 0.433 e. The molecule has 0 radical (unpaired) electrons. The largest absolute Gasteiger partial charge is 0.478 e. The molecule has 1 rings (SSSR count). The minimum atomic E-state index is -4.51. The molecule has 0 aliphatic rings. The van der Waals surface area contributed by atoms with Crippen LogP contribution in [0.1, 0.15) is 38.3 Å². The number of aromatic nitrogens is 2. The molecule has 0 unspecified atom stereocenters. The number of alkyl halides is 3. The lowest BCUT2D eigenvalue weighted by Gasteiger charge is -2.10. The molecule has 0 saturated carbocycles. The van der Waals surface area contributed by atoms with Crippen molar-refractivity contribution in [3.63, 3.8) is 0 Å². The first-order valence-corrected chi connectivity index (χ1v) is 6.24. The van der Waals surface area contributed by atoms with Crippen LogP contribution >= 0.6 is 0 Å². The number of halogens is 3. The monoisotopic (exact) mass is 277 g/mol. The Morgan fingerprint density at radius 2 is 1.95 bits per heavy atom. The van der Waals surface area contributed by atoms with Gasteiger partial charge in [0.25, 0.3) is 0 Å². The molecular weight excluding hydrogens is 259 g/mol. The molecule has 1 aromatic heterocycles. The third-order valence-corrected chi connectivity index (χ3v) is 2.46. The van der Waals surface area contributed by atoms with E-state index in [1.165, 1.54) is 7.05 Å². The molecule has 108 valence electrons. The first-order valence-electron chi connectivity index (χ1n) is 6.24. The van der Waals surface area contributed by atoms with E-state index in [2.05, 4.69) is 22.2 Å². The van der Waals surface area contributed by atoms with Gasteiger partial charge in [0, 0.05) is 13.1 Å². The van der Waals surface area contributed by atoms with E-state index in [4.69, 9.17) is 4.74 Å². The Labute approximate surface area is 110 Å². The van der Waals surface area contributed by atoms with Gasteiger partial charge in [0.2, 0.25) is 11.8 Å². The van der Waals surface area contributed by atoms with E-state index in [-0.39, 0.29) is 11.8 Å². The number of hydrogen-bond donors (Lipinski definition) is 1. The first-order chi connectivity index (χ1) is 8.97. The van der Waals surface area contributed by atoms with Gasteiger partial charge in [-0.25, -0.2) is 4.98 Å². The van der Waals surface area contributed by atoms with Crippen LogP contribution < -0.4 is 10.1 Å². The van der Waals surface area contributed by atoms with Crippen molar-refractivity contribution in [3.05, 3.63) is 11.8 Å². The lowest BCUT2D eigenvalue weighted by Crippen LogP contribution is -2.12. The van der Waals surface area contributed by atoms with Gasteiger partial charge in [-0.05, 0) is 6.42 Å². The van der Waals surface area contributed by atoms with Gasteiger partial charge in [-0.15, -0.1) is 0 Å². The second kappa shape index (κ2) is 7.16. The van der Waals surface area contributed by atoms with Crippen molar-refractivity contribution in [2.24, 2.45) is 0 Å². The van der Waals surface area contributed by atoms with Crippen molar-refractivity contribution >= 4 is 5.95 Å². The van der Waals surface area contributed by atoms with Crippen LogP contribution in [0.15, 0.2) is 6.07 Å². The minimum absolute atomic E-state index is 0.0526. The standard InChI is InChI=1S/C12H18F3N3O/c1-3-4-5-6-7-19-10-8-9(12(13,14)15)17-11(16-2)18-10/h8H,3-7H2,1-2H3,(H,16,17,18). The second-order valence-corrected chi connectivity index (χ2v) is 4.07. The van der Waals surface area contributed by atoms with Crippen molar-refractivity contribution < 1.29 is 17.9 Å². The Morgan fingerprint density at radius 3 is 2.53 bits per heavy atom. The van der Waals surface area contributed by atoms with Crippen molar-refractivity contribution in [1.29, 1.82) is 0 Å². The summed E-state index contributed by atoms with van der Waals surface area (Å²) in [4.78, 5) is 7.19. The SMILES string of the molecule is CCCCCCOc1cc(C(F)(F)F)nc(NC)n1. The number of anilines is 1. The maximum atomic E-state index is 12.6. The first kappa shape index (κ1) is 15.5. The van der Waals surface area contributed by atoms with E-state index in [1.807, 2.05) is 0 Å². The number of nitrogens with zero attached hydrogens (tertiary/aromatic N) is 2. The predicted molar refractivity (Wildman–Crippen MR) is 66.2 cm³/mol. The topological polar surface area (TPSA) is 47.0 Å². The summed E-state index contributed by atoms with van der Waals surface area (Å²) in [6, 6.07) is 0.820. The number of hydrogen-bond acceptors (Lipinski definition) is 4. The smallest absolute Gasteiger partial charge is 0.433 e. The zero-order valence-corrected chi connectivity index (χ0v) is 11.0. The lowest BCUT2D eigenvalue weighted by molar-refractivity contribution is -0.141. The summed E-state index contributed by atoms with van der Waals surface area (Å²) in [5, 5.41) is 2.49. The fraction of sp³-hybridized carbons (Fsp3) is 0.667. The van der Waals surface area contributed by atoms with Gasteiger partial charge in [0.15, 0.2) is 5.69 Å². The Bertz CT molecular complexity index is 396. The quantitative estimate of drug-likeness (QED) is 0.775. The third kappa shape index (κ3) is 5.32. The molecule has 1 heterocycles. The summed E-state index contributed by atoms with van der Waals surface area (Å²) in [6.45, 7) is 2.44. The fourth-order valence-electron chi connectivity index (χ4n) is 1.46. The summed E-state index contributed by atoms with van der Waals surface area (Å²) < 4.78 is 43.0. The summed E-state index contributed by atoms with van der Waals surface area (Å²) in [7, 11) is 1.46. The molecule has 0 aliphatic heterocycles. The Morgan fingerprint density at radius 1 is 1.21 bits per heavy atom. The number of nitrogens with one attached hydrogen (secondary N) is 1. The van der Waals surface area contributed by atoms with Crippen LogP contribution in [0.4, 0.5) is 19.1 Å². The van der Waals surface area contributed by atoms with Gasteiger partial charge in [0.05, 0.1) is 6.61 Å². The van der Waals surface area contributed by atoms with Crippen LogP contribution in [0.2, 0.25) is 0 Å². The Balaban J connectivity index is 2.67. The van der Waals surface area contributed by atoms with Gasteiger partial charge in [0.1, 0.15) is 0 Å². The highest BCUT2D eigenvalue weighted by Crippen LogP contribution is 2.30. The van der Waals surface area contributed by atoms with Crippen molar-refractivity contribution in [2.75, 3.05) is 19.0 Å². The average molecular weight is 277 g/mol. The average Bonchev–Trinajstić information content (AvgIpc) is 2.37. The molecule has 0 amide bonds. The Kier molecular flexibility index (Phi) is 5.85. The molecule has 0 bridgehead atoms. The fourth-order valence-corrected chi connectivity index (χ4v) is 1.46. The number of unbranched alkanes of at least 4 members (excludes halogenated alkanes) is 3. The van der Waals surface area contributed by atoms with Crippen LogP contribution in [0.3, 0.4) is 0 Å². The van der Waals surface area contributed by atoms with Gasteiger partial charge >= 0.3 is 6.18 Å². The third-order valence-electron chi connectivity index (χ3n) is 2.46. The maximum absolute atomic E-state index is 12.6. The van der Waals surface area contributed by atoms with Crippen LogP contribution in [-0.2, 0) is 6.18 Å². The lowest BCUT2D eigenvalue weighted by atomic mass is 10.2. The number of ether oxygens (including phenoxy) is 1. The second-order valence-electron chi connectivity index (χ2n) is 4.07. The minimum Gasteiger partial charge on any atom is -0.478 e. The molecule has 0 fully saturated rings. The highest BCUT2D eigenvalue weighted by Gasteiger charge is 2.33. The van der Waals surface area contributed by atoms with E-state index < -0.39 is 11.9 Å². The van der Waals surface area contributed by atoms with Crippen molar-refractivity contribution in [3.8, 4) is 5.88 Å². The van der Waals surface area contributed by atoms with Crippen LogP contribution in [0.25, 0.3) is 0 Å². The summed E-state index contributed by atoms with van der Waals surface area (Å²) >= 11 is 0.